The van der Waals surface area contributed by atoms with Crippen LogP contribution in [0.3, 0.4) is 0 Å². The van der Waals surface area contributed by atoms with E-state index in [0.29, 0.717) is 12.1 Å². The molecule has 0 aliphatic heterocycles. The van der Waals surface area contributed by atoms with Crippen LogP contribution >= 0.6 is 15.9 Å². The fourth-order valence-corrected chi connectivity index (χ4v) is 2.41. The first-order valence-electron chi connectivity index (χ1n) is 6.08. The van der Waals surface area contributed by atoms with Crippen molar-refractivity contribution in [1.82, 2.24) is 10.3 Å². The highest BCUT2D eigenvalue weighted by Crippen LogP contribution is 2.21. The molecule has 0 aliphatic carbocycles. The van der Waals surface area contributed by atoms with Crippen LogP contribution in [-0.2, 0) is 0 Å². The van der Waals surface area contributed by atoms with Gasteiger partial charge in [-0.15, -0.1) is 0 Å². The Kier molecular flexibility index (Phi) is 4.50. The second kappa shape index (κ2) is 6.12. The van der Waals surface area contributed by atoms with Gasteiger partial charge in [0.25, 0.3) is 0 Å². The van der Waals surface area contributed by atoms with Gasteiger partial charge in [0.15, 0.2) is 0 Å². The van der Waals surface area contributed by atoms with Crippen molar-refractivity contribution in [2.75, 3.05) is 0 Å². The molecule has 0 spiro atoms. The van der Waals surface area contributed by atoms with E-state index in [-0.39, 0.29) is 0 Å². The number of hydrogen-bond acceptors (Lipinski definition) is 2. The average molecular weight is 305 g/mol. The van der Waals surface area contributed by atoms with E-state index >= 15 is 0 Å². The highest BCUT2D eigenvalue weighted by atomic mass is 79.9. The third-order valence-electron chi connectivity index (χ3n) is 3.05. The van der Waals surface area contributed by atoms with Gasteiger partial charge in [0.1, 0.15) is 0 Å². The van der Waals surface area contributed by atoms with Gasteiger partial charge in [-0.3, -0.25) is 4.98 Å². The molecule has 0 radical (unpaired) electrons. The Balaban J connectivity index is 2.05. The molecule has 0 aliphatic rings. The van der Waals surface area contributed by atoms with Crippen molar-refractivity contribution in [3.8, 4) is 0 Å². The average Bonchev–Trinajstić information content (AvgIpc) is 2.39. The molecular formula is C15H17BrN2. The first-order chi connectivity index (χ1) is 8.66. The number of rotatable bonds is 4. The normalized spacial score (nSPS) is 14.2. The Bertz CT molecular complexity index is 499. The van der Waals surface area contributed by atoms with E-state index in [4.69, 9.17) is 0 Å². The Morgan fingerprint density at radius 2 is 1.67 bits per heavy atom. The lowest BCUT2D eigenvalue weighted by Gasteiger charge is -2.20. The summed E-state index contributed by atoms with van der Waals surface area (Å²) in [6.45, 7) is 4.35. The van der Waals surface area contributed by atoms with Crippen LogP contribution in [0.5, 0.6) is 0 Å². The monoisotopic (exact) mass is 304 g/mol. The molecule has 2 aromatic rings. The number of halogens is 1. The lowest BCUT2D eigenvalue weighted by molar-refractivity contribution is 0.494. The van der Waals surface area contributed by atoms with Crippen molar-refractivity contribution in [3.05, 3.63) is 64.4 Å². The molecule has 0 fully saturated rings. The summed E-state index contributed by atoms with van der Waals surface area (Å²) in [5.41, 5.74) is 2.54. The predicted molar refractivity (Wildman–Crippen MR) is 78.3 cm³/mol. The molecule has 94 valence electrons. The number of nitrogens with one attached hydrogen (secondary N) is 1. The van der Waals surface area contributed by atoms with Gasteiger partial charge < -0.3 is 5.32 Å². The van der Waals surface area contributed by atoms with Gasteiger partial charge in [-0.1, -0.05) is 28.1 Å². The summed E-state index contributed by atoms with van der Waals surface area (Å²) in [5, 5.41) is 3.59. The largest absolute Gasteiger partial charge is 0.304 e. The number of hydrogen-bond donors (Lipinski definition) is 1. The number of pyridine rings is 1. The quantitative estimate of drug-likeness (QED) is 0.913. The van der Waals surface area contributed by atoms with Crippen LogP contribution in [0.15, 0.2) is 53.3 Å². The molecule has 1 aromatic heterocycles. The fourth-order valence-electron chi connectivity index (χ4n) is 2.00. The highest BCUT2D eigenvalue weighted by molar-refractivity contribution is 9.10. The Hall–Kier alpha value is -1.19. The first kappa shape index (κ1) is 13.2. The van der Waals surface area contributed by atoms with E-state index < -0.39 is 0 Å². The maximum Gasteiger partial charge on any atom is 0.0298 e. The molecule has 2 rings (SSSR count). The van der Waals surface area contributed by atoms with Crippen LogP contribution in [-0.4, -0.2) is 4.98 Å². The maximum atomic E-state index is 4.04. The third kappa shape index (κ3) is 3.40. The first-order valence-corrected chi connectivity index (χ1v) is 6.87. The fraction of sp³-hybridized carbons (Fsp3) is 0.267. The number of benzene rings is 1. The molecule has 2 unspecified atom stereocenters. The van der Waals surface area contributed by atoms with Gasteiger partial charge in [0.05, 0.1) is 0 Å². The van der Waals surface area contributed by atoms with Crippen molar-refractivity contribution in [3.63, 3.8) is 0 Å². The van der Waals surface area contributed by atoms with Crippen LogP contribution in [0.2, 0.25) is 0 Å². The zero-order valence-corrected chi connectivity index (χ0v) is 12.2. The van der Waals surface area contributed by atoms with E-state index in [1.807, 2.05) is 30.6 Å². The Labute approximate surface area is 117 Å². The van der Waals surface area contributed by atoms with E-state index in [2.05, 4.69) is 58.3 Å². The molecule has 2 atom stereocenters. The Morgan fingerprint density at radius 3 is 2.33 bits per heavy atom. The molecule has 0 amide bonds. The van der Waals surface area contributed by atoms with Gasteiger partial charge in [0.2, 0.25) is 0 Å². The molecule has 1 N–H and O–H groups in total. The molecule has 0 saturated carbocycles. The molecule has 1 heterocycles. The van der Waals surface area contributed by atoms with Gasteiger partial charge in [-0.25, -0.2) is 0 Å². The van der Waals surface area contributed by atoms with Gasteiger partial charge in [-0.2, -0.15) is 0 Å². The number of aromatic nitrogens is 1. The van der Waals surface area contributed by atoms with Gasteiger partial charge in [-0.05, 0) is 49.2 Å². The summed E-state index contributed by atoms with van der Waals surface area (Å²) >= 11 is 3.51. The molecule has 0 bridgehead atoms. The Morgan fingerprint density at radius 1 is 1.00 bits per heavy atom. The highest BCUT2D eigenvalue weighted by Gasteiger charge is 2.10. The second-order valence-corrected chi connectivity index (χ2v) is 5.36. The van der Waals surface area contributed by atoms with Gasteiger partial charge in [0, 0.05) is 29.0 Å². The minimum Gasteiger partial charge on any atom is -0.304 e. The third-order valence-corrected chi connectivity index (χ3v) is 3.55. The molecule has 0 saturated heterocycles. The van der Waals surface area contributed by atoms with Crippen molar-refractivity contribution < 1.29 is 0 Å². The van der Waals surface area contributed by atoms with Crippen molar-refractivity contribution in [2.24, 2.45) is 0 Å². The summed E-state index contributed by atoms with van der Waals surface area (Å²) < 4.78 is 1.12. The van der Waals surface area contributed by atoms with Crippen molar-refractivity contribution in [1.29, 1.82) is 0 Å². The van der Waals surface area contributed by atoms with Crippen LogP contribution in [0.25, 0.3) is 0 Å². The lowest BCUT2D eigenvalue weighted by atomic mass is 10.1. The minimum absolute atomic E-state index is 0.307. The summed E-state index contributed by atoms with van der Waals surface area (Å²) in [6.07, 6.45) is 3.66. The van der Waals surface area contributed by atoms with Crippen LogP contribution in [0.1, 0.15) is 37.1 Å². The number of nitrogens with zero attached hydrogens (tertiary/aromatic N) is 1. The second-order valence-electron chi connectivity index (χ2n) is 4.45. The molecular weight excluding hydrogens is 288 g/mol. The maximum absolute atomic E-state index is 4.04. The summed E-state index contributed by atoms with van der Waals surface area (Å²) in [4.78, 5) is 4.04. The van der Waals surface area contributed by atoms with E-state index in [1.54, 1.807) is 0 Å². The van der Waals surface area contributed by atoms with E-state index in [9.17, 15) is 0 Å². The van der Waals surface area contributed by atoms with Gasteiger partial charge >= 0.3 is 0 Å². The van der Waals surface area contributed by atoms with Crippen LogP contribution < -0.4 is 5.32 Å². The molecule has 2 nitrogen and oxygen atoms in total. The molecule has 1 aromatic carbocycles. The summed E-state index contributed by atoms with van der Waals surface area (Å²) in [7, 11) is 0. The summed E-state index contributed by atoms with van der Waals surface area (Å²) in [6, 6.07) is 13.1. The molecule has 18 heavy (non-hydrogen) atoms. The van der Waals surface area contributed by atoms with Crippen molar-refractivity contribution in [2.45, 2.75) is 25.9 Å². The van der Waals surface area contributed by atoms with Crippen molar-refractivity contribution >= 4 is 15.9 Å². The SMILES string of the molecule is CC(NC(C)c1cccc(Br)c1)c1ccncc1. The van der Waals surface area contributed by atoms with Crippen LogP contribution in [0, 0.1) is 0 Å². The zero-order valence-electron chi connectivity index (χ0n) is 10.6. The zero-order chi connectivity index (χ0) is 13.0. The lowest BCUT2D eigenvalue weighted by Crippen LogP contribution is -2.22. The topological polar surface area (TPSA) is 24.9 Å². The smallest absolute Gasteiger partial charge is 0.0298 e. The van der Waals surface area contributed by atoms with Crippen LogP contribution in [0.4, 0.5) is 0 Å². The van der Waals surface area contributed by atoms with E-state index in [0.717, 1.165) is 4.47 Å². The standard InChI is InChI=1S/C15H17BrN2/c1-11(13-6-8-17-9-7-13)18-12(2)14-4-3-5-15(16)10-14/h3-12,18H,1-2H3. The molecule has 3 heteroatoms. The predicted octanol–water partition coefficient (Wildman–Crippen LogP) is 4.26. The van der Waals surface area contributed by atoms with E-state index in [1.165, 1.54) is 11.1 Å². The summed E-state index contributed by atoms with van der Waals surface area (Å²) in [5.74, 6) is 0. The minimum atomic E-state index is 0.307.